The number of nitrogens with one attached hydrogen (secondary N) is 1. The maximum atomic E-state index is 12.4. The van der Waals surface area contributed by atoms with Crippen molar-refractivity contribution in [3.8, 4) is 0 Å². The predicted molar refractivity (Wildman–Crippen MR) is 86.8 cm³/mol. The third kappa shape index (κ3) is 2.95. The zero-order valence-electron chi connectivity index (χ0n) is 11.8. The molecule has 3 rings (SSSR count). The molecule has 0 aliphatic carbocycles. The molecule has 1 fully saturated rings. The lowest BCUT2D eigenvalue weighted by Gasteiger charge is -2.20. The van der Waals surface area contributed by atoms with Crippen molar-refractivity contribution in [3.63, 3.8) is 0 Å². The van der Waals surface area contributed by atoms with Crippen LogP contribution in [0.3, 0.4) is 0 Å². The van der Waals surface area contributed by atoms with Crippen molar-refractivity contribution in [3.05, 3.63) is 40.8 Å². The highest BCUT2D eigenvalue weighted by molar-refractivity contribution is 9.10. The first-order valence-electron chi connectivity index (χ1n) is 6.98. The summed E-state index contributed by atoms with van der Waals surface area (Å²) in [5, 5.41) is 2.97. The van der Waals surface area contributed by atoms with E-state index in [9.17, 15) is 4.79 Å². The predicted octanol–water partition coefficient (Wildman–Crippen LogP) is 3.04. The molecule has 0 radical (unpaired) electrons. The van der Waals surface area contributed by atoms with Crippen LogP contribution in [0.4, 0.5) is 11.5 Å². The largest absolute Gasteiger partial charge is 0.355 e. The van der Waals surface area contributed by atoms with Crippen molar-refractivity contribution in [2.24, 2.45) is 7.05 Å². The average molecular weight is 349 g/mol. The number of hydrogen-bond acceptors (Lipinski definition) is 3. The summed E-state index contributed by atoms with van der Waals surface area (Å²) in [5.74, 6) is 0.730. The molecule has 0 spiro atoms. The summed E-state index contributed by atoms with van der Waals surface area (Å²) in [5.41, 5.74) is 1.37. The lowest BCUT2D eigenvalue weighted by molar-refractivity contribution is 0.101. The number of halogens is 1. The Morgan fingerprint density at radius 2 is 2.14 bits per heavy atom. The number of carbonyl (C=O) groups excluding carboxylic acids is 1. The van der Waals surface area contributed by atoms with Crippen LogP contribution < -0.4 is 10.2 Å². The van der Waals surface area contributed by atoms with Gasteiger partial charge in [-0.3, -0.25) is 4.79 Å². The highest BCUT2D eigenvalue weighted by Crippen LogP contribution is 2.26. The van der Waals surface area contributed by atoms with Crippen LogP contribution in [-0.4, -0.2) is 28.5 Å². The Bertz CT molecular complexity index is 661. The minimum atomic E-state index is -0.128. The standard InChI is InChI=1S/C15H17BrN4O/c1-19-10-11(16)9-13(19)15(21)18-12-5-4-6-17-14(12)20-7-2-3-8-20/h4-6,9-10H,2-3,7-8H2,1H3,(H,18,21). The highest BCUT2D eigenvalue weighted by Gasteiger charge is 2.19. The number of pyridine rings is 1. The van der Waals surface area contributed by atoms with Crippen LogP contribution in [0.5, 0.6) is 0 Å². The number of amides is 1. The molecule has 1 saturated heterocycles. The van der Waals surface area contributed by atoms with Crippen LogP contribution in [0.25, 0.3) is 0 Å². The first-order chi connectivity index (χ1) is 10.1. The monoisotopic (exact) mass is 348 g/mol. The number of anilines is 2. The molecule has 1 N–H and O–H groups in total. The molecule has 0 unspecified atom stereocenters. The van der Waals surface area contributed by atoms with Gasteiger partial charge in [0.05, 0.1) is 5.69 Å². The van der Waals surface area contributed by atoms with Gasteiger partial charge in [-0.1, -0.05) is 0 Å². The molecular weight excluding hydrogens is 332 g/mol. The van der Waals surface area contributed by atoms with Gasteiger partial charge in [0.1, 0.15) is 5.69 Å². The second-order valence-corrected chi connectivity index (χ2v) is 6.09. The zero-order chi connectivity index (χ0) is 14.8. The summed E-state index contributed by atoms with van der Waals surface area (Å²) >= 11 is 3.38. The molecule has 1 aliphatic rings. The van der Waals surface area contributed by atoms with Gasteiger partial charge < -0.3 is 14.8 Å². The van der Waals surface area contributed by atoms with E-state index < -0.39 is 0 Å². The third-order valence-electron chi connectivity index (χ3n) is 3.64. The summed E-state index contributed by atoms with van der Waals surface area (Å²) in [4.78, 5) is 19.1. The fourth-order valence-corrected chi connectivity index (χ4v) is 3.14. The molecule has 1 amide bonds. The summed E-state index contributed by atoms with van der Waals surface area (Å²) in [7, 11) is 1.85. The molecule has 110 valence electrons. The highest BCUT2D eigenvalue weighted by atomic mass is 79.9. The topological polar surface area (TPSA) is 50.2 Å². The van der Waals surface area contributed by atoms with E-state index >= 15 is 0 Å². The molecular formula is C15H17BrN4O. The lowest BCUT2D eigenvalue weighted by Crippen LogP contribution is -2.23. The minimum absolute atomic E-state index is 0.128. The molecule has 0 aromatic carbocycles. The first-order valence-corrected chi connectivity index (χ1v) is 7.77. The van der Waals surface area contributed by atoms with Gasteiger partial charge in [-0.15, -0.1) is 0 Å². The van der Waals surface area contributed by atoms with E-state index in [1.54, 1.807) is 16.8 Å². The molecule has 5 nitrogen and oxygen atoms in total. The van der Waals surface area contributed by atoms with Crippen molar-refractivity contribution in [1.82, 2.24) is 9.55 Å². The van der Waals surface area contributed by atoms with E-state index in [1.807, 2.05) is 25.4 Å². The Morgan fingerprint density at radius 3 is 2.81 bits per heavy atom. The minimum Gasteiger partial charge on any atom is -0.355 e. The Morgan fingerprint density at radius 1 is 1.38 bits per heavy atom. The van der Waals surface area contributed by atoms with Gasteiger partial charge >= 0.3 is 0 Å². The average Bonchev–Trinajstić information content (AvgIpc) is 3.09. The molecule has 6 heteroatoms. The second kappa shape index (κ2) is 5.89. The Hall–Kier alpha value is -1.82. The van der Waals surface area contributed by atoms with Gasteiger partial charge in [0.25, 0.3) is 5.91 Å². The zero-order valence-corrected chi connectivity index (χ0v) is 13.4. The SMILES string of the molecule is Cn1cc(Br)cc1C(=O)Nc1cccnc1N1CCCC1. The maximum absolute atomic E-state index is 12.4. The van der Waals surface area contributed by atoms with E-state index in [0.717, 1.165) is 29.1 Å². The van der Waals surface area contributed by atoms with E-state index in [4.69, 9.17) is 0 Å². The van der Waals surface area contributed by atoms with Crippen molar-refractivity contribution >= 4 is 33.3 Å². The maximum Gasteiger partial charge on any atom is 0.272 e. The van der Waals surface area contributed by atoms with Gasteiger partial charge in [0.2, 0.25) is 0 Å². The number of aromatic nitrogens is 2. The van der Waals surface area contributed by atoms with Crippen LogP contribution in [0.1, 0.15) is 23.3 Å². The van der Waals surface area contributed by atoms with Crippen molar-refractivity contribution in [2.45, 2.75) is 12.8 Å². The van der Waals surface area contributed by atoms with Crippen molar-refractivity contribution in [2.75, 3.05) is 23.3 Å². The number of carbonyl (C=O) groups is 1. The summed E-state index contributed by atoms with van der Waals surface area (Å²) in [6, 6.07) is 5.55. The smallest absolute Gasteiger partial charge is 0.272 e. The number of rotatable bonds is 3. The van der Waals surface area contributed by atoms with E-state index in [1.165, 1.54) is 12.8 Å². The van der Waals surface area contributed by atoms with Crippen LogP contribution in [0.15, 0.2) is 35.1 Å². The Labute approximate surface area is 132 Å². The fraction of sp³-hybridized carbons (Fsp3) is 0.333. The Kier molecular flexibility index (Phi) is 3.96. The molecule has 3 heterocycles. The van der Waals surface area contributed by atoms with Gasteiger partial charge in [-0.05, 0) is 47.0 Å². The molecule has 1 aliphatic heterocycles. The first kappa shape index (κ1) is 14.1. The van der Waals surface area contributed by atoms with E-state index in [0.29, 0.717) is 5.69 Å². The van der Waals surface area contributed by atoms with Crippen LogP contribution in [0.2, 0.25) is 0 Å². The van der Waals surface area contributed by atoms with Gasteiger partial charge in [-0.25, -0.2) is 4.98 Å². The number of aryl methyl sites for hydroxylation is 1. The fourth-order valence-electron chi connectivity index (χ4n) is 2.61. The lowest BCUT2D eigenvalue weighted by atomic mass is 10.3. The molecule has 2 aromatic heterocycles. The molecule has 0 saturated carbocycles. The summed E-state index contributed by atoms with van der Waals surface area (Å²) in [6.07, 6.45) is 5.98. The van der Waals surface area contributed by atoms with Crippen LogP contribution >= 0.6 is 15.9 Å². The summed E-state index contributed by atoms with van der Waals surface area (Å²) < 4.78 is 2.69. The Balaban J connectivity index is 1.84. The molecule has 0 bridgehead atoms. The quantitative estimate of drug-likeness (QED) is 0.927. The molecule has 2 aromatic rings. The number of nitrogens with zero attached hydrogens (tertiary/aromatic N) is 3. The van der Waals surface area contributed by atoms with Gasteiger partial charge in [-0.2, -0.15) is 0 Å². The normalized spacial score (nSPS) is 14.5. The van der Waals surface area contributed by atoms with Crippen molar-refractivity contribution in [1.29, 1.82) is 0 Å². The van der Waals surface area contributed by atoms with Gasteiger partial charge in [0.15, 0.2) is 5.82 Å². The summed E-state index contributed by atoms with van der Waals surface area (Å²) in [6.45, 7) is 1.99. The number of hydrogen-bond donors (Lipinski definition) is 1. The second-order valence-electron chi connectivity index (χ2n) is 5.18. The van der Waals surface area contributed by atoms with Gasteiger partial charge in [0, 0.05) is 37.0 Å². The van der Waals surface area contributed by atoms with E-state index in [2.05, 4.69) is 31.1 Å². The van der Waals surface area contributed by atoms with E-state index in [-0.39, 0.29) is 5.91 Å². The molecule has 21 heavy (non-hydrogen) atoms. The third-order valence-corrected chi connectivity index (χ3v) is 4.08. The van der Waals surface area contributed by atoms with Crippen LogP contribution in [0, 0.1) is 0 Å². The van der Waals surface area contributed by atoms with Crippen molar-refractivity contribution < 1.29 is 4.79 Å². The van der Waals surface area contributed by atoms with Crippen LogP contribution in [-0.2, 0) is 7.05 Å². The molecule has 0 atom stereocenters.